The molecule has 40 heavy (non-hydrogen) atoms. The SMILES string of the molecule is COCC(=O)Nc1cc(N2C(=S)N[C@H](c3ccccn3)[C@@H]2c2ccc(-c3ccccc3[N+](=O)[O-])o2)ccc1OC. The molecular weight excluding hydrogens is 534 g/mol. The molecule has 1 aliphatic rings. The van der Waals surface area contributed by atoms with Crippen LogP contribution in [0.3, 0.4) is 0 Å². The normalized spacial score (nSPS) is 16.4. The molecule has 1 aliphatic heterocycles. The summed E-state index contributed by atoms with van der Waals surface area (Å²) in [5.41, 5.74) is 2.11. The van der Waals surface area contributed by atoms with E-state index in [0.717, 1.165) is 5.69 Å². The van der Waals surface area contributed by atoms with Crippen molar-refractivity contribution < 1.29 is 23.6 Å². The van der Waals surface area contributed by atoms with E-state index in [9.17, 15) is 14.9 Å². The van der Waals surface area contributed by atoms with Crippen LogP contribution in [-0.4, -0.2) is 41.8 Å². The summed E-state index contributed by atoms with van der Waals surface area (Å²) in [6, 6.07) is 19.8. The molecular formula is C28H25N5O6S. The zero-order valence-electron chi connectivity index (χ0n) is 21.6. The number of rotatable bonds is 9. The van der Waals surface area contributed by atoms with Gasteiger partial charge in [-0.05, 0) is 60.7 Å². The van der Waals surface area contributed by atoms with E-state index in [1.54, 1.807) is 48.7 Å². The van der Waals surface area contributed by atoms with Gasteiger partial charge < -0.3 is 29.4 Å². The van der Waals surface area contributed by atoms with Crippen LogP contribution in [0.15, 0.2) is 83.4 Å². The third kappa shape index (κ3) is 5.22. The second-order valence-corrected chi connectivity index (χ2v) is 9.23. The van der Waals surface area contributed by atoms with Crippen LogP contribution in [0, 0.1) is 10.1 Å². The van der Waals surface area contributed by atoms with Gasteiger partial charge >= 0.3 is 0 Å². The van der Waals surface area contributed by atoms with Gasteiger partial charge in [-0.15, -0.1) is 0 Å². The number of nitro benzene ring substituents is 1. The molecule has 2 aromatic carbocycles. The number of nitro groups is 1. The third-order valence-corrected chi connectivity index (χ3v) is 6.71. The molecule has 0 unspecified atom stereocenters. The average Bonchev–Trinajstić information content (AvgIpc) is 3.58. The van der Waals surface area contributed by atoms with Crippen LogP contribution in [0.2, 0.25) is 0 Å². The number of hydrogen-bond acceptors (Lipinski definition) is 8. The van der Waals surface area contributed by atoms with E-state index in [2.05, 4.69) is 15.6 Å². The van der Waals surface area contributed by atoms with Gasteiger partial charge in [-0.1, -0.05) is 18.2 Å². The van der Waals surface area contributed by atoms with E-state index in [0.29, 0.717) is 39.3 Å². The monoisotopic (exact) mass is 559 g/mol. The number of ether oxygens (including phenoxy) is 2. The third-order valence-electron chi connectivity index (χ3n) is 6.39. The topological polar surface area (TPSA) is 132 Å². The predicted molar refractivity (Wildman–Crippen MR) is 152 cm³/mol. The highest BCUT2D eigenvalue weighted by molar-refractivity contribution is 7.80. The number of thiocarbonyl (C=S) groups is 1. The Hall–Kier alpha value is -4.81. The quantitative estimate of drug-likeness (QED) is 0.164. The molecule has 204 valence electrons. The Kier molecular flexibility index (Phi) is 7.71. The molecule has 2 atom stereocenters. The number of anilines is 2. The summed E-state index contributed by atoms with van der Waals surface area (Å²) in [5, 5.41) is 18.2. The highest BCUT2D eigenvalue weighted by Gasteiger charge is 2.43. The highest BCUT2D eigenvalue weighted by atomic mass is 32.1. The van der Waals surface area contributed by atoms with E-state index >= 15 is 0 Å². The minimum atomic E-state index is -0.519. The minimum Gasteiger partial charge on any atom is -0.495 e. The Morgan fingerprint density at radius 3 is 2.67 bits per heavy atom. The van der Waals surface area contributed by atoms with Crippen LogP contribution in [0.25, 0.3) is 11.3 Å². The summed E-state index contributed by atoms with van der Waals surface area (Å²) in [6.07, 6.45) is 1.69. The van der Waals surface area contributed by atoms with Crippen molar-refractivity contribution in [2.24, 2.45) is 0 Å². The molecule has 12 heteroatoms. The van der Waals surface area contributed by atoms with Crippen molar-refractivity contribution in [3.63, 3.8) is 0 Å². The van der Waals surface area contributed by atoms with Crippen molar-refractivity contribution in [3.8, 4) is 17.1 Å². The Labute approximate surface area is 234 Å². The average molecular weight is 560 g/mol. The molecule has 0 radical (unpaired) electrons. The maximum Gasteiger partial charge on any atom is 0.280 e. The number of nitrogens with one attached hydrogen (secondary N) is 2. The van der Waals surface area contributed by atoms with Gasteiger partial charge in [0.25, 0.3) is 5.69 Å². The van der Waals surface area contributed by atoms with Crippen LogP contribution >= 0.6 is 12.2 Å². The fourth-order valence-corrected chi connectivity index (χ4v) is 5.03. The van der Waals surface area contributed by atoms with E-state index < -0.39 is 17.0 Å². The zero-order chi connectivity index (χ0) is 28.2. The standard InChI is InChI=1S/C28H25N5O6S/c1-37-16-25(34)30-20-15-17(10-11-23(20)38-2)32-27(26(31-28(32)40)19-8-5-6-14-29-19)24-13-12-22(39-24)18-7-3-4-9-21(18)33(35)36/h3-15,26-27H,16H2,1-2H3,(H,30,34)(H,31,40)/t26-,27+/m1/s1. The number of hydrogen-bond donors (Lipinski definition) is 2. The first-order valence-electron chi connectivity index (χ1n) is 12.2. The first-order valence-corrected chi connectivity index (χ1v) is 12.6. The van der Waals surface area contributed by atoms with Crippen LogP contribution < -0.4 is 20.3 Å². The molecule has 1 amide bonds. The molecule has 2 N–H and O–H groups in total. The van der Waals surface area contributed by atoms with Gasteiger partial charge in [0.1, 0.15) is 29.9 Å². The maximum absolute atomic E-state index is 12.3. The van der Waals surface area contributed by atoms with Crippen molar-refractivity contribution in [1.29, 1.82) is 0 Å². The molecule has 5 rings (SSSR count). The number of amides is 1. The second kappa shape index (κ2) is 11.5. The van der Waals surface area contributed by atoms with Crippen LogP contribution in [0.5, 0.6) is 5.75 Å². The maximum atomic E-state index is 12.3. The molecule has 4 aromatic rings. The summed E-state index contributed by atoms with van der Waals surface area (Å²) in [6.45, 7) is -0.123. The van der Waals surface area contributed by atoms with Crippen molar-refractivity contribution in [1.82, 2.24) is 10.3 Å². The largest absolute Gasteiger partial charge is 0.495 e. The van der Waals surface area contributed by atoms with Crippen molar-refractivity contribution in [2.45, 2.75) is 12.1 Å². The van der Waals surface area contributed by atoms with E-state index in [4.69, 9.17) is 26.1 Å². The van der Waals surface area contributed by atoms with Crippen molar-refractivity contribution in [3.05, 3.63) is 101 Å². The van der Waals surface area contributed by atoms with Crippen LogP contribution in [0.1, 0.15) is 23.5 Å². The molecule has 1 fully saturated rings. The molecule has 0 spiro atoms. The van der Waals surface area contributed by atoms with Gasteiger partial charge in [0.2, 0.25) is 5.91 Å². The van der Waals surface area contributed by atoms with Gasteiger partial charge in [-0.25, -0.2) is 0 Å². The lowest BCUT2D eigenvalue weighted by molar-refractivity contribution is -0.384. The molecule has 0 saturated carbocycles. The number of nitrogens with zero attached hydrogens (tertiary/aromatic N) is 3. The number of carbonyl (C=O) groups is 1. The first-order chi connectivity index (χ1) is 19.4. The molecule has 1 saturated heterocycles. The Bertz CT molecular complexity index is 1560. The number of methoxy groups -OCH3 is 2. The predicted octanol–water partition coefficient (Wildman–Crippen LogP) is 5.02. The number of para-hydroxylation sites is 1. The molecule has 0 aliphatic carbocycles. The zero-order valence-corrected chi connectivity index (χ0v) is 22.4. The summed E-state index contributed by atoms with van der Waals surface area (Å²) >= 11 is 5.78. The van der Waals surface area contributed by atoms with Gasteiger partial charge in [-0.2, -0.15) is 0 Å². The second-order valence-electron chi connectivity index (χ2n) is 8.84. The molecule has 0 bridgehead atoms. The fourth-order valence-electron chi connectivity index (χ4n) is 4.68. The van der Waals surface area contributed by atoms with Gasteiger partial charge in [0.15, 0.2) is 5.11 Å². The van der Waals surface area contributed by atoms with E-state index in [-0.39, 0.29) is 18.2 Å². The lowest BCUT2D eigenvalue weighted by Gasteiger charge is -2.27. The summed E-state index contributed by atoms with van der Waals surface area (Å²) < 4.78 is 16.7. The summed E-state index contributed by atoms with van der Waals surface area (Å²) in [5.74, 6) is 0.975. The van der Waals surface area contributed by atoms with Crippen molar-refractivity contribution >= 4 is 40.3 Å². The molecule has 2 aromatic heterocycles. The van der Waals surface area contributed by atoms with Gasteiger partial charge in [0, 0.05) is 25.1 Å². The van der Waals surface area contributed by atoms with E-state index in [1.807, 2.05) is 29.2 Å². The molecule has 11 nitrogen and oxygen atoms in total. The number of pyridine rings is 1. The Balaban J connectivity index is 1.60. The highest BCUT2D eigenvalue weighted by Crippen LogP contribution is 2.44. The number of benzene rings is 2. The number of furan rings is 1. The van der Waals surface area contributed by atoms with Gasteiger partial charge in [0.05, 0.1) is 35.0 Å². The summed E-state index contributed by atoms with van der Waals surface area (Å²) in [7, 11) is 2.95. The van der Waals surface area contributed by atoms with E-state index in [1.165, 1.54) is 20.3 Å². The summed E-state index contributed by atoms with van der Waals surface area (Å²) in [4.78, 5) is 29.9. The minimum absolute atomic E-state index is 0.0619. The lowest BCUT2D eigenvalue weighted by Crippen LogP contribution is -2.29. The Morgan fingerprint density at radius 1 is 1.15 bits per heavy atom. The fraction of sp³-hybridized carbons (Fsp3) is 0.179. The van der Waals surface area contributed by atoms with Crippen LogP contribution in [0.4, 0.5) is 17.1 Å². The van der Waals surface area contributed by atoms with Crippen LogP contribution in [-0.2, 0) is 9.53 Å². The smallest absolute Gasteiger partial charge is 0.280 e. The number of aromatic nitrogens is 1. The molecule has 3 heterocycles. The van der Waals surface area contributed by atoms with Gasteiger partial charge in [-0.3, -0.25) is 19.9 Å². The Morgan fingerprint density at radius 2 is 1.95 bits per heavy atom. The van der Waals surface area contributed by atoms with Crippen molar-refractivity contribution in [2.75, 3.05) is 31.0 Å². The first kappa shape index (κ1) is 26.8. The lowest BCUT2D eigenvalue weighted by atomic mass is 10.0. The number of carbonyl (C=O) groups excluding carboxylic acids is 1.